The molecule has 220 valence electrons. The SMILES string of the molecule is CC=C(C(=CCCN)Oc1ccc(S(=O)(=O)c2ccc(Oc3cc(CN)ccc3C(C)(F)F)cc2)cc1)C(F)(F)F. The first kappa shape index (κ1) is 31.8. The van der Waals surface area contributed by atoms with E-state index in [2.05, 4.69) is 0 Å². The molecule has 0 heterocycles. The minimum Gasteiger partial charge on any atom is -0.457 e. The van der Waals surface area contributed by atoms with Gasteiger partial charge in [0, 0.05) is 13.5 Å². The maximum atomic E-state index is 14.1. The maximum Gasteiger partial charge on any atom is 0.419 e. The Morgan fingerprint density at radius 2 is 1.44 bits per heavy atom. The summed E-state index contributed by atoms with van der Waals surface area (Å²) in [4.78, 5) is -0.260. The van der Waals surface area contributed by atoms with Crippen LogP contribution in [0.25, 0.3) is 0 Å². The van der Waals surface area contributed by atoms with Crippen LogP contribution in [-0.4, -0.2) is 21.1 Å². The van der Waals surface area contributed by atoms with Crippen LogP contribution in [0.5, 0.6) is 17.2 Å². The highest BCUT2D eigenvalue weighted by atomic mass is 32.2. The highest BCUT2D eigenvalue weighted by Gasteiger charge is 2.36. The van der Waals surface area contributed by atoms with Gasteiger partial charge in [0.25, 0.3) is 5.92 Å². The normalized spacial score (nSPS) is 13.3. The molecule has 0 aromatic heterocycles. The average molecular weight is 597 g/mol. The van der Waals surface area contributed by atoms with Gasteiger partial charge in [-0.15, -0.1) is 0 Å². The van der Waals surface area contributed by atoms with E-state index in [0.29, 0.717) is 5.56 Å². The molecule has 0 unspecified atom stereocenters. The number of benzene rings is 3. The molecule has 0 saturated carbocycles. The molecule has 4 N–H and O–H groups in total. The fraction of sp³-hybridized carbons (Fsp3) is 0.241. The number of nitrogens with two attached hydrogens (primary N) is 2. The summed E-state index contributed by atoms with van der Waals surface area (Å²) in [7, 11) is -4.04. The van der Waals surface area contributed by atoms with Gasteiger partial charge in [0.2, 0.25) is 9.84 Å². The number of ether oxygens (including phenoxy) is 2. The quantitative estimate of drug-likeness (QED) is 0.140. The summed E-state index contributed by atoms with van der Waals surface area (Å²) >= 11 is 0. The lowest BCUT2D eigenvalue weighted by Crippen LogP contribution is -2.17. The molecule has 41 heavy (non-hydrogen) atoms. The Labute approximate surface area is 235 Å². The molecular formula is C29H29F5N2O4S. The van der Waals surface area contributed by atoms with Crippen LogP contribution in [0, 0.1) is 0 Å². The number of halogens is 5. The van der Waals surface area contributed by atoms with Crippen LogP contribution in [0.4, 0.5) is 22.0 Å². The summed E-state index contributed by atoms with van der Waals surface area (Å²) < 4.78 is 106. The van der Waals surface area contributed by atoms with E-state index in [1.54, 1.807) is 0 Å². The standard InChI is InChI=1S/C29H29F5N2O4S/c1-3-24(29(32,33)34)26(5-4-16-35)39-20-7-11-22(12-8-20)41(37,38)23-13-9-21(10-14-23)40-27-17-19(18-36)6-15-25(27)28(2,30)31/h3,5-15,17H,4,16,18,35-36H2,1-2H3. The summed E-state index contributed by atoms with van der Waals surface area (Å²) in [6.07, 6.45) is -2.44. The van der Waals surface area contributed by atoms with Crippen molar-refractivity contribution in [1.82, 2.24) is 0 Å². The summed E-state index contributed by atoms with van der Waals surface area (Å²) in [6, 6.07) is 14.1. The Hall–Kier alpha value is -3.74. The van der Waals surface area contributed by atoms with Crippen molar-refractivity contribution in [3.63, 3.8) is 0 Å². The van der Waals surface area contributed by atoms with Crippen molar-refractivity contribution in [2.75, 3.05) is 6.54 Å². The molecule has 3 rings (SSSR count). The second-order valence-corrected chi connectivity index (χ2v) is 10.9. The van der Waals surface area contributed by atoms with Crippen LogP contribution < -0.4 is 20.9 Å². The van der Waals surface area contributed by atoms with E-state index >= 15 is 0 Å². The molecule has 3 aromatic rings. The number of hydrogen-bond donors (Lipinski definition) is 2. The van der Waals surface area contributed by atoms with Crippen molar-refractivity contribution in [3.05, 3.63) is 101 Å². The van der Waals surface area contributed by atoms with Crippen LogP contribution in [0.3, 0.4) is 0 Å². The molecule has 0 aliphatic carbocycles. The first-order chi connectivity index (χ1) is 19.2. The van der Waals surface area contributed by atoms with Gasteiger partial charge in [-0.05, 0) is 92.2 Å². The van der Waals surface area contributed by atoms with Crippen molar-refractivity contribution < 1.29 is 39.8 Å². The zero-order valence-corrected chi connectivity index (χ0v) is 23.0. The van der Waals surface area contributed by atoms with Crippen LogP contribution in [0.1, 0.15) is 31.4 Å². The predicted molar refractivity (Wildman–Crippen MR) is 145 cm³/mol. The number of hydrogen-bond acceptors (Lipinski definition) is 6. The van der Waals surface area contributed by atoms with Gasteiger partial charge in [-0.3, -0.25) is 0 Å². The van der Waals surface area contributed by atoms with Gasteiger partial charge in [0.15, 0.2) is 0 Å². The lowest BCUT2D eigenvalue weighted by Gasteiger charge is -2.17. The predicted octanol–water partition coefficient (Wildman–Crippen LogP) is 7.00. The van der Waals surface area contributed by atoms with Gasteiger partial charge in [-0.1, -0.05) is 12.1 Å². The molecule has 0 spiro atoms. The molecule has 0 aliphatic heterocycles. The van der Waals surface area contributed by atoms with E-state index < -0.39 is 33.3 Å². The van der Waals surface area contributed by atoms with Crippen LogP contribution in [-0.2, 0) is 22.3 Å². The second kappa shape index (κ2) is 12.8. The molecule has 0 fully saturated rings. The Bertz CT molecular complexity index is 1510. The highest BCUT2D eigenvalue weighted by Crippen LogP contribution is 2.38. The highest BCUT2D eigenvalue weighted by molar-refractivity contribution is 7.91. The minimum absolute atomic E-state index is 0.0113. The molecule has 0 bridgehead atoms. The molecule has 0 aliphatic rings. The fourth-order valence-corrected chi connectivity index (χ4v) is 5.03. The average Bonchev–Trinajstić information content (AvgIpc) is 2.91. The van der Waals surface area contributed by atoms with E-state index in [9.17, 15) is 30.4 Å². The van der Waals surface area contributed by atoms with Gasteiger partial charge in [-0.2, -0.15) is 13.2 Å². The summed E-state index contributed by atoms with van der Waals surface area (Å²) in [6.45, 7) is 2.17. The topological polar surface area (TPSA) is 105 Å². The largest absolute Gasteiger partial charge is 0.457 e. The van der Waals surface area contributed by atoms with E-state index in [-0.39, 0.29) is 52.1 Å². The maximum absolute atomic E-state index is 14.1. The summed E-state index contributed by atoms with van der Waals surface area (Å²) in [5, 5.41) is 0. The van der Waals surface area contributed by atoms with Gasteiger partial charge >= 0.3 is 6.18 Å². The lowest BCUT2D eigenvalue weighted by atomic mass is 10.1. The first-order valence-corrected chi connectivity index (χ1v) is 13.8. The monoisotopic (exact) mass is 596 g/mol. The van der Waals surface area contributed by atoms with Gasteiger partial charge in [-0.25, -0.2) is 17.2 Å². The van der Waals surface area contributed by atoms with E-state index in [4.69, 9.17) is 20.9 Å². The van der Waals surface area contributed by atoms with E-state index in [1.165, 1.54) is 79.7 Å². The number of rotatable bonds is 11. The third-order valence-electron chi connectivity index (χ3n) is 5.83. The molecule has 0 atom stereocenters. The van der Waals surface area contributed by atoms with E-state index in [1.807, 2.05) is 0 Å². The Kier molecular flexibility index (Phi) is 9.95. The van der Waals surface area contributed by atoms with Crippen molar-refractivity contribution in [2.24, 2.45) is 11.5 Å². The minimum atomic E-state index is -4.67. The van der Waals surface area contributed by atoms with Crippen molar-refractivity contribution in [1.29, 1.82) is 0 Å². The summed E-state index contributed by atoms with van der Waals surface area (Å²) in [5.41, 5.74) is 10.3. The fourth-order valence-electron chi connectivity index (χ4n) is 3.77. The molecule has 12 heteroatoms. The Balaban J connectivity index is 1.83. The van der Waals surface area contributed by atoms with E-state index in [0.717, 1.165) is 13.0 Å². The van der Waals surface area contributed by atoms with Crippen LogP contribution in [0.15, 0.2) is 100 Å². The third-order valence-corrected chi connectivity index (χ3v) is 7.62. The molecule has 0 amide bonds. The van der Waals surface area contributed by atoms with Crippen LogP contribution in [0.2, 0.25) is 0 Å². The van der Waals surface area contributed by atoms with Gasteiger partial charge < -0.3 is 20.9 Å². The molecule has 0 radical (unpaired) electrons. The van der Waals surface area contributed by atoms with Gasteiger partial charge in [0.05, 0.1) is 20.9 Å². The Morgan fingerprint density at radius 3 is 1.90 bits per heavy atom. The van der Waals surface area contributed by atoms with Gasteiger partial charge in [0.1, 0.15) is 23.0 Å². The molecular weight excluding hydrogens is 567 g/mol. The lowest BCUT2D eigenvalue weighted by molar-refractivity contribution is -0.0921. The van der Waals surface area contributed by atoms with Crippen molar-refractivity contribution >= 4 is 9.84 Å². The molecule has 3 aromatic carbocycles. The molecule has 0 saturated heterocycles. The smallest absolute Gasteiger partial charge is 0.419 e. The van der Waals surface area contributed by atoms with Crippen molar-refractivity contribution in [2.45, 2.75) is 48.7 Å². The Morgan fingerprint density at radius 1 is 0.878 bits per heavy atom. The number of alkyl halides is 5. The first-order valence-electron chi connectivity index (χ1n) is 12.4. The summed E-state index contributed by atoms with van der Waals surface area (Å²) in [5.74, 6) is -3.64. The second-order valence-electron chi connectivity index (χ2n) is 8.92. The zero-order valence-electron chi connectivity index (χ0n) is 22.2. The molecule has 6 nitrogen and oxygen atoms in total. The van der Waals surface area contributed by atoms with Crippen LogP contribution >= 0.6 is 0 Å². The number of sulfone groups is 1. The third kappa shape index (κ3) is 7.93. The van der Waals surface area contributed by atoms with Crippen molar-refractivity contribution in [3.8, 4) is 17.2 Å². The number of allylic oxidation sites excluding steroid dienone is 2. The zero-order chi connectivity index (χ0) is 30.4.